The van der Waals surface area contributed by atoms with Crippen LogP contribution in [-0.4, -0.2) is 61.4 Å². The fourth-order valence-corrected chi connectivity index (χ4v) is 3.06. The zero-order chi connectivity index (χ0) is 14.9. The largest absolute Gasteiger partial charge is 0.308 e. The molecule has 2 heterocycles. The maximum atomic E-state index is 11.9. The quantitative estimate of drug-likeness (QED) is 0.720. The van der Waals surface area contributed by atoms with Gasteiger partial charge < -0.3 is 9.80 Å². The van der Waals surface area contributed by atoms with E-state index in [0.717, 1.165) is 6.54 Å². The Bertz CT molecular complexity index is 599. The molecule has 1 unspecified atom stereocenters. The van der Waals surface area contributed by atoms with Crippen molar-refractivity contribution in [2.75, 3.05) is 32.1 Å². The van der Waals surface area contributed by atoms with Crippen LogP contribution in [0.15, 0.2) is 12.4 Å². The second-order valence-electron chi connectivity index (χ2n) is 5.07. The molecule has 7 nitrogen and oxygen atoms in total. The van der Waals surface area contributed by atoms with E-state index in [2.05, 4.69) is 5.10 Å². The van der Waals surface area contributed by atoms with E-state index >= 15 is 0 Å². The first-order valence-corrected chi connectivity index (χ1v) is 8.55. The first-order valence-electron chi connectivity index (χ1n) is 6.18. The number of carbonyl (C=O) groups is 1. The monoisotopic (exact) mass is 320 g/mol. The van der Waals surface area contributed by atoms with Crippen LogP contribution < -0.4 is 4.90 Å². The fraction of sp³-hybridized carbons (Fsp3) is 0.636. The van der Waals surface area contributed by atoms with Crippen LogP contribution in [0.25, 0.3) is 0 Å². The van der Waals surface area contributed by atoms with Crippen molar-refractivity contribution in [1.29, 1.82) is 0 Å². The number of halogens is 1. The summed E-state index contributed by atoms with van der Waals surface area (Å²) in [5.74, 6) is -0.244. The summed E-state index contributed by atoms with van der Waals surface area (Å²) in [6.07, 6.45) is 3.23. The summed E-state index contributed by atoms with van der Waals surface area (Å²) in [4.78, 5) is 15.3. The first-order chi connectivity index (χ1) is 9.27. The van der Waals surface area contributed by atoms with Crippen molar-refractivity contribution in [3.63, 3.8) is 0 Å². The molecule has 0 aliphatic carbocycles. The van der Waals surface area contributed by atoms with Crippen molar-refractivity contribution in [3.8, 4) is 0 Å². The van der Waals surface area contributed by atoms with Crippen LogP contribution in [0.4, 0.5) is 5.69 Å². The molecular weight excluding hydrogens is 304 g/mol. The molecule has 1 amide bonds. The van der Waals surface area contributed by atoms with Crippen molar-refractivity contribution in [1.82, 2.24) is 14.7 Å². The highest BCUT2D eigenvalue weighted by Gasteiger charge is 2.38. The molecule has 0 saturated carbocycles. The van der Waals surface area contributed by atoms with Gasteiger partial charge in [0.05, 0.1) is 18.4 Å². The van der Waals surface area contributed by atoms with Gasteiger partial charge in [-0.2, -0.15) is 5.10 Å². The van der Waals surface area contributed by atoms with Crippen molar-refractivity contribution in [2.24, 2.45) is 0 Å². The Balaban J connectivity index is 2.07. The zero-order valence-corrected chi connectivity index (χ0v) is 12.9. The topological polar surface area (TPSA) is 75.5 Å². The Morgan fingerprint density at radius 2 is 2.20 bits per heavy atom. The lowest BCUT2D eigenvalue weighted by molar-refractivity contribution is -0.117. The van der Waals surface area contributed by atoms with Gasteiger partial charge in [0.15, 0.2) is 0 Å². The zero-order valence-electron chi connectivity index (χ0n) is 11.4. The van der Waals surface area contributed by atoms with Crippen LogP contribution in [0.5, 0.6) is 0 Å². The smallest absolute Gasteiger partial charge is 0.237 e. The van der Waals surface area contributed by atoms with Gasteiger partial charge in [0.25, 0.3) is 0 Å². The standard InChI is InChI=1S/C11H17ClN4O3S/c1-14(2)3-4-15-7-9(6-13-15)16-8-10(5-11(16)17)20(12,18)19/h6-7,10H,3-5,8H2,1-2H3. The summed E-state index contributed by atoms with van der Waals surface area (Å²) in [5.41, 5.74) is 0.608. The number of likely N-dealkylation sites (N-methyl/N-ethyl adjacent to an activating group) is 1. The van der Waals surface area contributed by atoms with Crippen molar-refractivity contribution >= 4 is 31.3 Å². The highest BCUT2D eigenvalue weighted by Crippen LogP contribution is 2.26. The van der Waals surface area contributed by atoms with Crippen molar-refractivity contribution in [3.05, 3.63) is 12.4 Å². The Hall–Kier alpha value is -1.12. The Morgan fingerprint density at radius 3 is 2.75 bits per heavy atom. The molecule has 1 aromatic rings. The predicted octanol–water partition coefficient (Wildman–Crippen LogP) is 0.119. The number of amides is 1. The molecule has 1 saturated heterocycles. The summed E-state index contributed by atoms with van der Waals surface area (Å²) in [5, 5.41) is 3.32. The minimum atomic E-state index is -3.72. The van der Waals surface area contributed by atoms with E-state index in [0.29, 0.717) is 12.2 Å². The van der Waals surface area contributed by atoms with Gasteiger partial charge in [-0.3, -0.25) is 9.48 Å². The SMILES string of the molecule is CN(C)CCn1cc(N2CC(S(=O)(=O)Cl)CC2=O)cn1. The summed E-state index contributed by atoms with van der Waals surface area (Å²) in [6, 6.07) is 0. The minimum Gasteiger partial charge on any atom is -0.308 e. The molecule has 0 N–H and O–H groups in total. The van der Waals surface area contributed by atoms with E-state index in [4.69, 9.17) is 10.7 Å². The normalized spacial score (nSPS) is 20.1. The summed E-state index contributed by atoms with van der Waals surface area (Å²) in [6.45, 7) is 1.62. The molecule has 1 aliphatic rings. The predicted molar refractivity (Wildman–Crippen MR) is 76.3 cm³/mol. The number of rotatable bonds is 5. The molecule has 1 aliphatic heterocycles. The molecular formula is C11H17ClN4O3S. The number of hydrogen-bond acceptors (Lipinski definition) is 5. The average Bonchev–Trinajstić information content (AvgIpc) is 2.91. The minimum absolute atomic E-state index is 0.0747. The van der Waals surface area contributed by atoms with Crippen LogP contribution in [0.1, 0.15) is 6.42 Å². The number of nitrogens with zero attached hydrogens (tertiary/aromatic N) is 4. The number of anilines is 1. The van der Waals surface area contributed by atoms with E-state index < -0.39 is 14.3 Å². The molecule has 20 heavy (non-hydrogen) atoms. The third kappa shape index (κ3) is 3.50. The lowest BCUT2D eigenvalue weighted by atomic mass is 10.4. The Kier molecular flexibility index (Phi) is 4.36. The Morgan fingerprint density at radius 1 is 1.50 bits per heavy atom. The number of carbonyl (C=O) groups excluding carboxylic acids is 1. The molecule has 0 aromatic carbocycles. The van der Waals surface area contributed by atoms with E-state index in [-0.39, 0.29) is 18.9 Å². The second-order valence-corrected chi connectivity index (χ2v) is 7.98. The van der Waals surface area contributed by atoms with Crippen LogP contribution in [0.3, 0.4) is 0 Å². The summed E-state index contributed by atoms with van der Waals surface area (Å²) >= 11 is 0. The molecule has 1 atom stereocenters. The lowest BCUT2D eigenvalue weighted by Gasteiger charge is -2.13. The average molecular weight is 321 g/mol. The molecule has 1 aromatic heterocycles. The van der Waals surface area contributed by atoms with Gasteiger partial charge in [-0.25, -0.2) is 8.42 Å². The maximum absolute atomic E-state index is 11.9. The molecule has 9 heteroatoms. The Labute approximate surface area is 122 Å². The van der Waals surface area contributed by atoms with Crippen LogP contribution in [-0.2, 0) is 20.4 Å². The van der Waals surface area contributed by atoms with Crippen LogP contribution >= 0.6 is 10.7 Å². The number of hydrogen-bond donors (Lipinski definition) is 0. The summed E-state index contributed by atoms with van der Waals surface area (Å²) < 4.78 is 24.3. The highest BCUT2D eigenvalue weighted by atomic mass is 35.7. The van der Waals surface area contributed by atoms with E-state index in [1.54, 1.807) is 17.1 Å². The van der Waals surface area contributed by atoms with Crippen molar-refractivity contribution < 1.29 is 13.2 Å². The van der Waals surface area contributed by atoms with Gasteiger partial charge in [0, 0.05) is 36.4 Å². The van der Waals surface area contributed by atoms with Gasteiger partial charge in [-0.05, 0) is 14.1 Å². The highest BCUT2D eigenvalue weighted by molar-refractivity contribution is 8.14. The van der Waals surface area contributed by atoms with Crippen LogP contribution in [0, 0.1) is 0 Å². The fourth-order valence-electron chi connectivity index (χ4n) is 2.03. The van der Waals surface area contributed by atoms with Crippen molar-refractivity contribution in [2.45, 2.75) is 18.2 Å². The van der Waals surface area contributed by atoms with Crippen LogP contribution in [0.2, 0.25) is 0 Å². The van der Waals surface area contributed by atoms with E-state index in [1.807, 2.05) is 19.0 Å². The molecule has 0 radical (unpaired) electrons. The lowest BCUT2D eigenvalue weighted by Crippen LogP contribution is -2.26. The molecule has 1 fully saturated rings. The van der Waals surface area contributed by atoms with Gasteiger partial charge in [-0.1, -0.05) is 0 Å². The molecule has 0 spiro atoms. The molecule has 2 rings (SSSR count). The third-order valence-corrected chi connectivity index (χ3v) is 5.06. The number of aromatic nitrogens is 2. The maximum Gasteiger partial charge on any atom is 0.237 e. The van der Waals surface area contributed by atoms with E-state index in [9.17, 15) is 13.2 Å². The van der Waals surface area contributed by atoms with Gasteiger partial charge in [0.1, 0.15) is 5.25 Å². The van der Waals surface area contributed by atoms with Gasteiger partial charge in [0.2, 0.25) is 15.0 Å². The summed E-state index contributed by atoms with van der Waals surface area (Å²) in [7, 11) is 5.52. The molecule has 112 valence electrons. The van der Waals surface area contributed by atoms with Gasteiger partial charge >= 0.3 is 0 Å². The molecule has 0 bridgehead atoms. The van der Waals surface area contributed by atoms with E-state index in [1.165, 1.54) is 4.90 Å². The first kappa shape index (κ1) is 15.3. The van der Waals surface area contributed by atoms with Gasteiger partial charge in [-0.15, -0.1) is 0 Å². The second kappa shape index (κ2) is 5.71. The third-order valence-electron chi connectivity index (χ3n) is 3.20.